The van der Waals surface area contributed by atoms with Crippen LogP contribution in [0.25, 0.3) is 0 Å². The summed E-state index contributed by atoms with van der Waals surface area (Å²) in [6.07, 6.45) is 5.86. The van der Waals surface area contributed by atoms with Crippen molar-refractivity contribution in [1.29, 1.82) is 0 Å². The van der Waals surface area contributed by atoms with E-state index in [9.17, 15) is 0 Å². The molecule has 1 unspecified atom stereocenters. The van der Waals surface area contributed by atoms with Crippen LogP contribution in [0.1, 0.15) is 51.4 Å². The first kappa shape index (κ1) is 14.6. The van der Waals surface area contributed by atoms with Crippen LogP contribution in [0.5, 0.6) is 0 Å². The summed E-state index contributed by atoms with van der Waals surface area (Å²) >= 11 is 0. The van der Waals surface area contributed by atoms with E-state index in [2.05, 4.69) is 37.1 Å². The van der Waals surface area contributed by atoms with Gasteiger partial charge in [-0.1, -0.05) is 27.2 Å². The average Bonchev–Trinajstić information content (AvgIpc) is 2.84. The molecule has 3 nitrogen and oxygen atoms in total. The Labute approximate surface area is 117 Å². The lowest BCUT2D eigenvalue weighted by atomic mass is 9.95. The number of hydrogen-bond acceptors (Lipinski definition) is 3. The first-order valence-corrected chi connectivity index (χ1v) is 7.70. The van der Waals surface area contributed by atoms with Gasteiger partial charge in [0.1, 0.15) is 5.76 Å². The van der Waals surface area contributed by atoms with Crippen LogP contribution in [0.2, 0.25) is 0 Å². The van der Waals surface area contributed by atoms with Crippen LogP contribution in [-0.4, -0.2) is 24.0 Å². The van der Waals surface area contributed by atoms with Crippen LogP contribution >= 0.6 is 0 Å². The Balaban J connectivity index is 1.89. The van der Waals surface area contributed by atoms with Gasteiger partial charge in [-0.3, -0.25) is 4.90 Å². The zero-order chi connectivity index (χ0) is 13.7. The molecule has 1 aromatic heterocycles. The molecule has 3 heteroatoms. The van der Waals surface area contributed by atoms with E-state index in [-0.39, 0.29) is 0 Å². The minimum atomic E-state index is 0.516. The van der Waals surface area contributed by atoms with Crippen LogP contribution in [0.4, 0.5) is 0 Å². The molecule has 1 N–H and O–H groups in total. The zero-order valence-electron chi connectivity index (χ0n) is 12.6. The quantitative estimate of drug-likeness (QED) is 0.853. The standard InChI is InChI=1S/C16H28N2O/c1-4-14-6-5-8-18(11-14)12-16-15(7-9-19-16)10-17-13(2)3/h7,9,13-14,17H,4-6,8,10-12H2,1-3H3. The third-order valence-electron chi connectivity index (χ3n) is 4.09. The number of nitrogens with zero attached hydrogens (tertiary/aromatic N) is 1. The first-order chi connectivity index (χ1) is 9.19. The topological polar surface area (TPSA) is 28.4 Å². The lowest BCUT2D eigenvalue weighted by Crippen LogP contribution is -2.35. The first-order valence-electron chi connectivity index (χ1n) is 7.70. The fraction of sp³-hybridized carbons (Fsp3) is 0.750. The number of piperidine rings is 1. The van der Waals surface area contributed by atoms with E-state index in [1.807, 2.05) is 6.26 Å². The number of likely N-dealkylation sites (tertiary alicyclic amines) is 1. The van der Waals surface area contributed by atoms with Gasteiger partial charge in [0.15, 0.2) is 0 Å². The van der Waals surface area contributed by atoms with Gasteiger partial charge in [-0.25, -0.2) is 0 Å². The van der Waals surface area contributed by atoms with E-state index >= 15 is 0 Å². The predicted octanol–water partition coefficient (Wildman–Crippen LogP) is 3.40. The molecule has 108 valence electrons. The van der Waals surface area contributed by atoms with Crippen molar-refractivity contribution in [2.24, 2.45) is 5.92 Å². The largest absolute Gasteiger partial charge is 0.468 e. The molecule has 0 radical (unpaired) electrons. The maximum atomic E-state index is 5.69. The zero-order valence-corrected chi connectivity index (χ0v) is 12.6. The lowest BCUT2D eigenvalue weighted by Gasteiger charge is -2.31. The van der Waals surface area contributed by atoms with E-state index in [1.165, 1.54) is 37.9 Å². The van der Waals surface area contributed by atoms with Gasteiger partial charge in [0.25, 0.3) is 0 Å². The number of rotatable bonds is 6. The van der Waals surface area contributed by atoms with Gasteiger partial charge >= 0.3 is 0 Å². The molecule has 19 heavy (non-hydrogen) atoms. The highest BCUT2D eigenvalue weighted by molar-refractivity contribution is 5.17. The van der Waals surface area contributed by atoms with Crippen LogP contribution in [0.3, 0.4) is 0 Å². The van der Waals surface area contributed by atoms with Gasteiger partial charge < -0.3 is 9.73 Å². The van der Waals surface area contributed by atoms with Crippen LogP contribution in [-0.2, 0) is 13.1 Å². The molecule has 0 saturated carbocycles. The SMILES string of the molecule is CCC1CCCN(Cc2occc2CNC(C)C)C1. The summed E-state index contributed by atoms with van der Waals surface area (Å²) in [5, 5.41) is 3.47. The highest BCUT2D eigenvalue weighted by Gasteiger charge is 2.20. The van der Waals surface area contributed by atoms with Crippen molar-refractivity contribution < 1.29 is 4.42 Å². The second-order valence-corrected chi connectivity index (χ2v) is 6.06. The Bertz CT molecular complexity index is 373. The number of hydrogen-bond donors (Lipinski definition) is 1. The second-order valence-electron chi connectivity index (χ2n) is 6.06. The van der Waals surface area contributed by atoms with Crippen molar-refractivity contribution in [2.75, 3.05) is 13.1 Å². The van der Waals surface area contributed by atoms with Crippen molar-refractivity contribution in [1.82, 2.24) is 10.2 Å². The molecular formula is C16H28N2O. The van der Waals surface area contributed by atoms with Gasteiger partial charge in [0.2, 0.25) is 0 Å². The molecule has 0 aliphatic carbocycles. The Morgan fingerprint density at radius 2 is 2.32 bits per heavy atom. The molecule has 1 aliphatic rings. The summed E-state index contributed by atoms with van der Waals surface area (Å²) < 4.78 is 5.69. The van der Waals surface area contributed by atoms with E-state index in [0.717, 1.165) is 24.8 Å². The molecule has 0 spiro atoms. The van der Waals surface area contributed by atoms with Crippen molar-refractivity contribution in [3.63, 3.8) is 0 Å². The van der Waals surface area contributed by atoms with Crippen molar-refractivity contribution >= 4 is 0 Å². The Morgan fingerprint density at radius 1 is 1.47 bits per heavy atom. The molecule has 2 rings (SSSR count). The normalized spacial score (nSPS) is 21.2. The maximum Gasteiger partial charge on any atom is 0.122 e. The molecule has 0 bridgehead atoms. The minimum absolute atomic E-state index is 0.516. The molecule has 1 aromatic rings. The number of furan rings is 1. The minimum Gasteiger partial charge on any atom is -0.468 e. The summed E-state index contributed by atoms with van der Waals surface area (Å²) in [6.45, 7) is 11.0. The van der Waals surface area contributed by atoms with Gasteiger partial charge in [-0.05, 0) is 31.4 Å². The molecule has 0 aromatic carbocycles. The summed E-state index contributed by atoms with van der Waals surface area (Å²) in [7, 11) is 0. The van der Waals surface area contributed by atoms with Crippen LogP contribution < -0.4 is 5.32 Å². The number of nitrogens with one attached hydrogen (secondary N) is 1. The summed E-state index contributed by atoms with van der Waals surface area (Å²) in [5.41, 5.74) is 1.31. The molecule has 0 amide bonds. The molecule has 1 atom stereocenters. The molecule has 2 heterocycles. The molecule has 1 saturated heterocycles. The van der Waals surface area contributed by atoms with Crippen LogP contribution in [0, 0.1) is 5.92 Å². The summed E-state index contributed by atoms with van der Waals surface area (Å²) in [4.78, 5) is 2.55. The Hall–Kier alpha value is -0.800. The molecule has 1 fully saturated rings. The van der Waals surface area contributed by atoms with Crippen molar-refractivity contribution in [3.8, 4) is 0 Å². The predicted molar refractivity (Wildman–Crippen MR) is 79.0 cm³/mol. The third kappa shape index (κ3) is 4.36. The van der Waals surface area contributed by atoms with Crippen LogP contribution in [0.15, 0.2) is 16.7 Å². The van der Waals surface area contributed by atoms with Gasteiger partial charge in [0, 0.05) is 24.7 Å². The lowest BCUT2D eigenvalue weighted by molar-refractivity contribution is 0.154. The maximum absolute atomic E-state index is 5.69. The van der Waals surface area contributed by atoms with E-state index in [1.54, 1.807) is 0 Å². The van der Waals surface area contributed by atoms with E-state index in [4.69, 9.17) is 4.42 Å². The van der Waals surface area contributed by atoms with Crippen molar-refractivity contribution in [2.45, 2.75) is 59.2 Å². The summed E-state index contributed by atoms with van der Waals surface area (Å²) in [6, 6.07) is 2.62. The third-order valence-corrected chi connectivity index (χ3v) is 4.09. The van der Waals surface area contributed by atoms with Gasteiger partial charge in [-0.15, -0.1) is 0 Å². The van der Waals surface area contributed by atoms with E-state index < -0.39 is 0 Å². The fourth-order valence-electron chi connectivity index (χ4n) is 2.81. The second kappa shape index (κ2) is 7.11. The van der Waals surface area contributed by atoms with E-state index in [0.29, 0.717) is 6.04 Å². The van der Waals surface area contributed by atoms with Gasteiger partial charge in [0.05, 0.1) is 12.8 Å². The average molecular weight is 264 g/mol. The molecular weight excluding hydrogens is 236 g/mol. The monoisotopic (exact) mass is 264 g/mol. The Kier molecular flexibility index (Phi) is 5.46. The highest BCUT2D eigenvalue weighted by Crippen LogP contribution is 2.22. The fourth-order valence-corrected chi connectivity index (χ4v) is 2.81. The smallest absolute Gasteiger partial charge is 0.122 e. The highest BCUT2D eigenvalue weighted by atomic mass is 16.3. The summed E-state index contributed by atoms with van der Waals surface area (Å²) in [5.74, 6) is 2.02. The van der Waals surface area contributed by atoms with Gasteiger partial charge in [-0.2, -0.15) is 0 Å². The van der Waals surface area contributed by atoms with Crippen molar-refractivity contribution in [3.05, 3.63) is 23.7 Å². The Morgan fingerprint density at radius 3 is 3.05 bits per heavy atom. The molecule has 1 aliphatic heterocycles.